The zero-order valence-electron chi connectivity index (χ0n) is 17.9. The minimum atomic E-state index is -1.52. The number of carbonyl (C=O) groups excluding carboxylic acids is 2. The van der Waals surface area contributed by atoms with Crippen molar-refractivity contribution in [3.8, 4) is 5.88 Å². The Kier molecular flexibility index (Phi) is 5.51. The molecule has 2 aliphatic rings. The van der Waals surface area contributed by atoms with Crippen molar-refractivity contribution in [3.05, 3.63) is 47.2 Å². The Morgan fingerprint density at radius 3 is 2.60 bits per heavy atom. The summed E-state index contributed by atoms with van der Waals surface area (Å²) < 4.78 is 17.3. The van der Waals surface area contributed by atoms with Crippen molar-refractivity contribution in [2.45, 2.75) is 44.4 Å². The van der Waals surface area contributed by atoms with Gasteiger partial charge in [-0.2, -0.15) is 0 Å². The monoisotopic (exact) mass is 412 g/mol. The van der Waals surface area contributed by atoms with Crippen LogP contribution in [0.4, 0.5) is 0 Å². The minimum Gasteiger partial charge on any atom is -0.470 e. The molecule has 0 saturated heterocycles. The van der Waals surface area contributed by atoms with Gasteiger partial charge in [-0.3, -0.25) is 14.5 Å². The van der Waals surface area contributed by atoms with Crippen LogP contribution in [0.1, 0.15) is 53.9 Å². The van der Waals surface area contributed by atoms with Gasteiger partial charge < -0.3 is 14.0 Å². The molecule has 7 heteroatoms. The lowest BCUT2D eigenvalue weighted by molar-refractivity contribution is -0.154. The van der Waals surface area contributed by atoms with Crippen LogP contribution in [0.15, 0.2) is 34.9 Å². The van der Waals surface area contributed by atoms with Gasteiger partial charge in [-0.25, -0.2) is 0 Å². The molecule has 1 heterocycles. The summed E-state index contributed by atoms with van der Waals surface area (Å²) in [5.41, 5.74) is -0.351. The number of rotatable bonds is 6. The van der Waals surface area contributed by atoms with E-state index in [-0.39, 0.29) is 41.7 Å². The first-order valence-corrected chi connectivity index (χ1v) is 10.4. The number of hydrogen-bond donors (Lipinski definition) is 0. The molecule has 160 valence electrons. The second kappa shape index (κ2) is 7.96. The lowest BCUT2D eigenvalue weighted by Crippen LogP contribution is -2.63. The number of Topliss-reactive ketones (excluding diaryl/α,β-unsaturated/α-hetero) is 2. The first-order valence-electron chi connectivity index (χ1n) is 10.4. The molecule has 4 rings (SSSR count). The minimum absolute atomic E-state index is 0.117. The van der Waals surface area contributed by atoms with Crippen LogP contribution in [0.2, 0.25) is 0 Å². The highest BCUT2D eigenvalue weighted by molar-refractivity contribution is 6.20. The Labute approximate surface area is 176 Å². The van der Waals surface area contributed by atoms with E-state index in [1.807, 2.05) is 49.3 Å². The Hall–Kier alpha value is -2.51. The molecule has 2 aliphatic carbocycles. The van der Waals surface area contributed by atoms with E-state index in [0.717, 1.165) is 12.0 Å². The fourth-order valence-electron chi connectivity index (χ4n) is 5.03. The van der Waals surface area contributed by atoms with Gasteiger partial charge in [0, 0.05) is 19.4 Å². The van der Waals surface area contributed by atoms with Gasteiger partial charge in [-0.15, -0.1) is 0 Å². The van der Waals surface area contributed by atoms with Crippen molar-refractivity contribution in [1.29, 1.82) is 0 Å². The Bertz CT molecular complexity index is 938. The predicted octanol–water partition coefficient (Wildman–Crippen LogP) is 3.44. The zero-order chi connectivity index (χ0) is 21.5. The molecule has 0 amide bonds. The SMILES string of the molecule is CCC1CC(=O)C2(OC)C(=O)c3c(OCc4ccccc4)noc3C(N(C)C)C2C1. The molecule has 2 aromatic rings. The van der Waals surface area contributed by atoms with Crippen molar-refractivity contribution >= 4 is 11.6 Å². The average Bonchev–Trinajstić information content (AvgIpc) is 3.16. The summed E-state index contributed by atoms with van der Waals surface area (Å²) in [4.78, 5) is 29.0. The molecule has 4 unspecified atom stereocenters. The number of nitrogens with zero attached hydrogens (tertiary/aromatic N) is 2. The maximum Gasteiger partial charge on any atom is 0.265 e. The van der Waals surface area contributed by atoms with Gasteiger partial charge in [0.2, 0.25) is 5.78 Å². The fraction of sp³-hybridized carbons (Fsp3) is 0.522. The van der Waals surface area contributed by atoms with Crippen LogP contribution < -0.4 is 4.74 Å². The number of hydrogen-bond acceptors (Lipinski definition) is 7. The summed E-state index contributed by atoms with van der Waals surface area (Å²) in [6, 6.07) is 9.31. The van der Waals surface area contributed by atoms with Crippen LogP contribution in [0.5, 0.6) is 5.88 Å². The first kappa shape index (κ1) is 20.8. The van der Waals surface area contributed by atoms with Crippen molar-refractivity contribution in [2.24, 2.45) is 11.8 Å². The zero-order valence-corrected chi connectivity index (χ0v) is 17.9. The molecule has 1 fully saturated rings. The molecule has 7 nitrogen and oxygen atoms in total. The summed E-state index contributed by atoms with van der Waals surface area (Å²) in [5, 5.41) is 4.07. The highest BCUT2D eigenvalue weighted by atomic mass is 16.5. The number of fused-ring (bicyclic) bond motifs is 2. The van der Waals surface area contributed by atoms with Crippen molar-refractivity contribution in [1.82, 2.24) is 10.1 Å². The van der Waals surface area contributed by atoms with Crippen molar-refractivity contribution in [3.63, 3.8) is 0 Å². The van der Waals surface area contributed by atoms with E-state index in [9.17, 15) is 9.59 Å². The Balaban J connectivity index is 1.77. The Morgan fingerprint density at radius 1 is 1.23 bits per heavy atom. The third-order valence-electron chi connectivity index (χ3n) is 6.57. The Morgan fingerprint density at radius 2 is 1.97 bits per heavy atom. The quantitative estimate of drug-likeness (QED) is 0.672. The molecule has 30 heavy (non-hydrogen) atoms. The third kappa shape index (κ3) is 3.08. The van der Waals surface area contributed by atoms with Gasteiger partial charge in [0.1, 0.15) is 12.2 Å². The highest BCUT2D eigenvalue weighted by Gasteiger charge is 2.64. The maximum atomic E-state index is 13.7. The summed E-state index contributed by atoms with van der Waals surface area (Å²) in [5.74, 6) is -0.100. The summed E-state index contributed by atoms with van der Waals surface area (Å²) in [6.07, 6.45) is 1.93. The normalized spacial score (nSPS) is 28.4. The smallest absolute Gasteiger partial charge is 0.265 e. The molecule has 1 aromatic carbocycles. The number of ketones is 2. The van der Waals surface area contributed by atoms with Gasteiger partial charge in [-0.05, 0) is 37.2 Å². The predicted molar refractivity (Wildman–Crippen MR) is 109 cm³/mol. The molecule has 0 bridgehead atoms. The maximum absolute atomic E-state index is 13.7. The molecule has 0 aliphatic heterocycles. The first-order chi connectivity index (χ1) is 14.4. The largest absolute Gasteiger partial charge is 0.470 e. The molecule has 0 spiro atoms. The van der Waals surface area contributed by atoms with Crippen LogP contribution in [-0.4, -0.2) is 48.4 Å². The molecular formula is C23H28N2O5. The van der Waals surface area contributed by atoms with Gasteiger partial charge in [0.25, 0.3) is 5.88 Å². The molecule has 1 aromatic heterocycles. The van der Waals surface area contributed by atoms with E-state index in [1.165, 1.54) is 7.11 Å². The fourth-order valence-corrected chi connectivity index (χ4v) is 5.03. The molecule has 4 atom stereocenters. The number of aromatic nitrogens is 1. The van der Waals surface area contributed by atoms with E-state index < -0.39 is 11.4 Å². The number of methoxy groups -OCH3 is 1. The number of ether oxygens (including phenoxy) is 2. The van der Waals surface area contributed by atoms with Gasteiger partial charge in [-0.1, -0.05) is 43.7 Å². The summed E-state index contributed by atoms with van der Waals surface area (Å²) in [6.45, 7) is 2.32. The van der Waals surface area contributed by atoms with Crippen LogP contribution in [-0.2, 0) is 16.1 Å². The van der Waals surface area contributed by atoms with Crippen LogP contribution in [0.25, 0.3) is 0 Å². The van der Waals surface area contributed by atoms with Crippen molar-refractivity contribution in [2.75, 3.05) is 21.2 Å². The standard InChI is InChI=1S/C23H28N2O5/c1-5-14-11-16-19(25(2)3)20-18(21(27)23(16,28-4)17(26)12-14)22(24-30-20)29-13-15-9-7-6-8-10-15/h6-10,14,16,19H,5,11-13H2,1-4H3. The van der Waals surface area contributed by atoms with E-state index in [0.29, 0.717) is 18.6 Å². The second-order valence-corrected chi connectivity index (χ2v) is 8.42. The van der Waals surface area contributed by atoms with Crippen LogP contribution >= 0.6 is 0 Å². The summed E-state index contributed by atoms with van der Waals surface area (Å²) in [7, 11) is 5.28. The van der Waals surface area contributed by atoms with E-state index in [4.69, 9.17) is 14.0 Å². The number of carbonyl (C=O) groups is 2. The number of benzene rings is 1. The molecular weight excluding hydrogens is 384 g/mol. The molecule has 0 N–H and O–H groups in total. The topological polar surface area (TPSA) is 81.9 Å². The molecule has 0 radical (unpaired) electrons. The summed E-state index contributed by atoms with van der Waals surface area (Å²) >= 11 is 0. The van der Waals surface area contributed by atoms with E-state index in [1.54, 1.807) is 0 Å². The van der Waals surface area contributed by atoms with Crippen molar-refractivity contribution < 1.29 is 23.6 Å². The van der Waals surface area contributed by atoms with E-state index in [2.05, 4.69) is 12.1 Å². The van der Waals surface area contributed by atoms with Gasteiger partial charge in [0.15, 0.2) is 17.1 Å². The highest BCUT2D eigenvalue weighted by Crippen LogP contribution is 2.53. The molecule has 1 saturated carbocycles. The van der Waals surface area contributed by atoms with E-state index >= 15 is 0 Å². The van der Waals surface area contributed by atoms with Crippen LogP contribution in [0.3, 0.4) is 0 Å². The lowest BCUT2D eigenvalue weighted by Gasteiger charge is -2.49. The lowest BCUT2D eigenvalue weighted by atomic mass is 9.60. The van der Waals surface area contributed by atoms with Gasteiger partial charge >= 0.3 is 0 Å². The van der Waals surface area contributed by atoms with Gasteiger partial charge in [0.05, 0.1) is 6.04 Å². The third-order valence-corrected chi connectivity index (χ3v) is 6.57. The average molecular weight is 412 g/mol. The van der Waals surface area contributed by atoms with Crippen LogP contribution in [0, 0.1) is 11.8 Å². The second-order valence-electron chi connectivity index (χ2n) is 8.42.